The highest BCUT2D eigenvalue weighted by Crippen LogP contribution is 2.30. The standard InChI is InChI=1S/C13H23BrN2S/c1-4-10(3)9-16(5-2)11(8-15)12-6-7-13(14)17-12/h6-7,10-11H,4-5,8-9,15H2,1-3H3. The molecule has 0 saturated carbocycles. The van der Waals surface area contributed by atoms with Gasteiger partial charge in [-0.05, 0) is 40.5 Å². The lowest BCUT2D eigenvalue weighted by Gasteiger charge is -2.31. The third-order valence-electron chi connectivity index (χ3n) is 3.24. The Balaban J connectivity index is 2.76. The normalized spacial score (nSPS) is 15.2. The van der Waals surface area contributed by atoms with Crippen molar-refractivity contribution in [3.05, 3.63) is 20.8 Å². The van der Waals surface area contributed by atoms with Gasteiger partial charge in [-0.2, -0.15) is 0 Å². The highest BCUT2D eigenvalue weighted by molar-refractivity contribution is 9.11. The number of likely N-dealkylation sites (N-methyl/N-ethyl adjacent to an activating group) is 1. The number of rotatable bonds is 7. The smallest absolute Gasteiger partial charge is 0.0702 e. The Labute approximate surface area is 117 Å². The molecule has 4 heteroatoms. The van der Waals surface area contributed by atoms with E-state index in [0.29, 0.717) is 12.6 Å². The van der Waals surface area contributed by atoms with Crippen LogP contribution in [0.5, 0.6) is 0 Å². The molecule has 0 aromatic carbocycles. The Hall–Kier alpha value is 0.1000. The molecule has 17 heavy (non-hydrogen) atoms. The van der Waals surface area contributed by atoms with E-state index in [4.69, 9.17) is 5.73 Å². The van der Waals surface area contributed by atoms with Crippen molar-refractivity contribution in [2.45, 2.75) is 33.2 Å². The number of halogens is 1. The van der Waals surface area contributed by atoms with Crippen LogP contribution in [0.4, 0.5) is 0 Å². The molecule has 0 fully saturated rings. The van der Waals surface area contributed by atoms with Crippen molar-refractivity contribution in [1.82, 2.24) is 4.90 Å². The fraction of sp³-hybridized carbons (Fsp3) is 0.692. The number of nitrogens with zero attached hydrogens (tertiary/aromatic N) is 1. The number of hydrogen-bond donors (Lipinski definition) is 1. The van der Waals surface area contributed by atoms with Crippen molar-refractivity contribution in [3.63, 3.8) is 0 Å². The first-order valence-electron chi connectivity index (χ1n) is 6.31. The zero-order chi connectivity index (χ0) is 12.8. The van der Waals surface area contributed by atoms with E-state index in [1.54, 1.807) is 11.3 Å². The molecule has 0 aliphatic heterocycles. The van der Waals surface area contributed by atoms with Crippen LogP contribution in [-0.2, 0) is 0 Å². The van der Waals surface area contributed by atoms with Crippen molar-refractivity contribution in [2.24, 2.45) is 11.7 Å². The average Bonchev–Trinajstić information content (AvgIpc) is 2.75. The van der Waals surface area contributed by atoms with E-state index < -0.39 is 0 Å². The minimum absolute atomic E-state index is 0.366. The molecule has 2 nitrogen and oxygen atoms in total. The van der Waals surface area contributed by atoms with E-state index in [-0.39, 0.29) is 0 Å². The van der Waals surface area contributed by atoms with Gasteiger partial charge >= 0.3 is 0 Å². The van der Waals surface area contributed by atoms with Gasteiger partial charge in [0, 0.05) is 18.0 Å². The third kappa shape index (κ3) is 4.36. The van der Waals surface area contributed by atoms with Crippen LogP contribution < -0.4 is 5.73 Å². The molecular weight excluding hydrogens is 296 g/mol. The van der Waals surface area contributed by atoms with Gasteiger partial charge in [-0.15, -0.1) is 11.3 Å². The van der Waals surface area contributed by atoms with Gasteiger partial charge in [-0.1, -0.05) is 27.2 Å². The maximum atomic E-state index is 5.96. The molecule has 0 aliphatic rings. The van der Waals surface area contributed by atoms with Crippen LogP contribution in [-0.4, -0.2) is 24.5 Å². The quantitative estimate of drug-likeness (QED) is 0.826. The van der Waals surface area contributed by atoms with E-state index in [1.807, 2.05) is 0 Å². The Bertz CT molecular complexity index is 327. The van der Waals surface area contributed by atoms with Crippen LogP contribution in [0.3, 0.4) is 0 Å². The van der Waals surface area contributed by atoms with Crippen LogP contribution in [0.25, 0.3) is 0 Å². The molecule has 2 unspecified atom stereocenters. The van der Waals surface area contributed by atoms with Crippen molar-refractivity contribution < 1.29 is 0 Å². The van der Waals surface area contributed by atoms with Gasteiger partial charge in [0.05, 0.1) is 9.83 Å². The highest BCUT2D eigenvalue weighted by Gasteiger charge is 2.20. The molecule has 0 bridgehead atoms. The molecule has 0 radical (unpaired) electrons. The Morgan fingerprint density at radius 3 is 2.53 bits per heavy atom. The number of thiophene rings is 1. The molecule has 1 heterocycles. The monoisotopic (exact) mass is 318 g/mol. The van der Waals surface area contributed by atoms with Crippen molar-refractivity contribution in [1.29, 1.82) is 0 Å². The molecule has 0 saturated heterocycles. The summed E-state index contributed by atoms with van der Waals surface area (Å²) in [5.74, 6) is 0.729. The van der Waals surface area contributed by atoms with E-state index in [9.17, 15) is 0 Å². The topological polar surface area (TPSA) is 29.3 Å². The summed E-state index contributed by atoms with van der Waals surface area (Å²) in [6, 6.07) is 4.66. The molecular formula is C13H23BrN2S. The first kappa shape index (κ1) is 15.2. The molecule has 98 valence electrons. The van der Waals surface area contributed by atoms with E-state index in [0.717, 1.165) is 19.0 Å². The highest BCUT2D eigenvalue weighted by atomic mass is 79.9. The maximum Gasteiger partial charge on any atom is 0.0702 e. The van der Waals surface area contributed by atoms with Crippen molar-refractivity contribution in [2.75, 3.05) is 19.6 Å². The van der Waals surface area contributed by atoms with Crippen LogP contribution in [0, 0.1) is 5.92 Å². The molecule has 1 rings (SSSR count). The fourth-order valence-electron chi connectivity index (χ4n) is 1.96. The van der Waals surface area contributed by atoms with E-state index >= 15 is 0 Å². The molecule has 0 amide bonds. The average molecular weight is 319 g/mol. The van der Waals surface area contributed by atoms with E-state index in [2.05, 4.69) is 53.7 Å². The Morgan fingerprint density at radius 2 is 2.12 bits per heavy atom. The van der Waals surface area contributed by atoms with Crippen LogP contribution in [0.2, 0.25) is 0 Å². The molecule has 1 aromatic heterocycles. The lowest BCUT2D eigenvalue weighted by molar-refractivity contribution is 0.185. The molecule has 2 atom stereocenters. The maximum absolute atomic E-state index is 5.96. The lowest BCUT2D eigenvalue weighted by Crippen LogP contribution is -2.36. The largest absolute Gasteiger partial charge is 0.329 e. The SMILES string of the molecule is CCC(C)CN(CC)C(CN)c1ccc(Br)s1. The summed E-state index contributed by atoms with van der Waals surface area (Å²) in [5, 5.41) is 0. The zero-order valence-corrected chi connectivity index (χ0v) is 13.4. The molecule has 2 N–H and O–H groups in total. The number of nitrogens with two attached hydrogens (primary N) is 1. The van der Waals surface area contributed by atoms with Crippen molar-refractivity contribution >= 4 is 27.3 Å². The van der Waals surface area contributed by atoms with Gasteiger partial charge < -0.3 is 5.73 Å². The second-order valence-electron chi connectivity index (χ2n) is 4.49. The van der Waals surface area contributed by atoms with Crippen LogP contribution in [0.1, 0.15) is 38.1 Å². The molecule has 0 aliphatic carbocycles. The van der Waals surface area contributed by atoms with Crippen LogP contribution >= 0.6 is 27.3 Å². The first-order chi connectivity index (χ1) is 8.12. The lowest BCUT2D eigenvalue weighted by atomic mass is 10.1. The summed E-state index contributed by atoms with van der Waals surface area (Å²) < 4.78 is 1.19. The Morgan fingerprint density at radius 1 is 1.41 bits per heavy atom. The third-order valence-corrected chi connectivity index (χ3v) is 4.96. The summed E-state index contributed by atoms with van der Waals surface area (Å²) in [6.45, 7) is 9.65. The minimum atomic E-state index is 0.366. The predicted molar refractivity (Wildman–Crippen MR) is 80.5 cm³/mol. The zero-order valence-electron chi connectivity index (χ0n) is 10.9. The summed E-state index contributed by atoms with van der Waals surface area (Å²) in [4.78, 5) is 3.86. The number of hydrogen-bond acceptors (Lipinski definition) is 3. The second-order valence-corrected chi connectivity index (χ2v) is 6.99. The molecule has 1 aromatic rings. The summed E-state index contributed by atoms with van der Waals surface area (Å²) in [5.41, 5.74) is 5.96. The van der Waals surface area contributed by atoms with Gasteiger partial charge in [-0.25, -0.2) is 0 Å². The van der Waals surface area contributed by atoms with Gasteiger partial charge in [0.15, 0.2) is 0 Å². The van der Waals surface area contributed by atoms with Gasteiger partial charge in [0.2, 0.25) is 0 Å². The van der Waals surface area contributed by atoms with Crippen molar-refractivity contribution in [3.8, 4) is 0 Å². The Kier molecular flexibility index (Phi) is 6.70. The van der Waals surface area contributed by atoms with Crippen LogP contribution in [0.15, 0.2) is 15.9 Å². The minimum Gasteiger partial charge on any atom is -0.329 e. The van der Waals surface area contributed by atoms with Gasteiger partial charge in [-0.3, -0.25) is 4.90 Å². The first-order valence-corrected chi connectivity index (χ1v) is 7.92. The fourth-order valence-corrected chi connectivity index (χ4v) is 3.53. The summed E-state index contributed by atoms with van der Waals surface area (Å²) in [6.07, 6.45) is 1.22. The van der Waals surface area contributed by atoms with Gasteiger partial charge in [0.25, 0.3) is 0 Å². The summed E-state index contributed by atoms with van der Waals surface area (Å²) >= 11 is 5.32. The van der Waals surface area contributed by atoms with Gasteiger partial charge in [0.1, 0.15) is 0 Å². The predicted octanol–water partition coefficient (Wildman–Crippen LogP) is 3.88. The summed E-state index contributed by atoms with van der Waals surface area (Å²) in [7, 11) is 0. The van der Waals surface area contributed by atoms with E-state index in [1.165, 1.54) is 15.1 Å². The second kappa shape index (κ2) is 7.52. The molecule has 0 spiro atoms.